The van der Waals surface area contributed by atoms with Gasteiger partial charge in [0.15, 0.2) is 11.5 Å². The Kier molecular flexibility index (Phi) is 8.55. The number of amides is 1. The molecular weight excluding hydrogens is 517 g/mol. The second-order valence-electron chi connectivity index (χ2n) is 9.55. The SMILES string of the molecule is Cc1cc(C(=O)N/N=C/c2ccc(OCc3ccccc3)c(OCc3ccccc3)c2)c(C)n1-c1ccc(F)cc1. The van der Waals surface area contributed by atoms with Crippen molar-refractivity contribution in [1.29, 1.82) is 0 Å². The van der Waals surface area contributed by atoms with Crippen LogP contribution in [0.3, 0.4) is 0 Å². The largest absolute Gasteiger partial charge is 0.485 e. The number of aromatic nitrogens is 1. The van der Waals surface area contributed by atoms with E-state index in [0.29, 0.717) is 30.3 Å². The van der Waals surface area contributed by atoms with E-state index in [1.54, 1.807) is 24.4 Å². The van der Waals surface area contributed by atoms with Gasteiger partial charge in [0.1, 0.15) is 19.0 Å². The third kappa shape index (κ3) is 6.89. The molecule has 0 saturated carbocycles. The maximum atomic E-state index is 13.4. The van der Waals surface area contributed by atoms with E-state index in [0.717, 1.165) is 33.8 Å². The number of benzene rings is 4. The summed E-state index contributed by atoms with van der Waals surface area (Å²) in [6, 6.07) is 33.3. The van der Waals surface area contributed by atoms with E-state index >= 15 is 0 Å². The molecule has 6 nitrogen and oxygen atoms in total. The van der Waals surface area contributed by atoms with E-state index < -0.39 is 0 Å². The molecule has 0 radical (unpaired) electrons. The van der Waals surface area contributed by atoms with Crippen LogP contribution in [0.2, 0.25) is 0 Å². The summed E-state index contributed by atoms with van der Waals surface area (Å²) in [7, 11) is 0. The van der Waals surface area contributed by atoms with Crippen molar-refractivity contribution in [3.63, 3.8) is 0 Å². The molecule has 5 rings (SSSR count). The molecule has 7 heteroatoms. The van der Waals surface area contributed by atoms with Gasteiger partial charge in [-0.2, -0.15) is 5.10 Å². The van der Waals surface area contributed by atoms with Crippen LogP contribution in [-0.4, -0.2) is 16.7 Å². The predicted molar refractivity (Wildman–Crippen MR) is 158 cm³/mol. The minimum atomic E-state index is -0.342. The van der Waals surface area contributed by atoms with E-state index in [-0.39, 0.29) is 11.7 Å². The highest BCUT2D eigenvalue weighted by Crippen LogP contribution is 2.30. The number of halogens is 1. The van der Waals surface area contributed by atoms with E-state index in [9.17, 15) is 9.18 Å². The van der Waals surface area contributed by atoms with Crippen LogP contribution in [0.15, 0.2) is 114 Å². The summed E-state index contributed by atoms with van der Waals surface area (Å²) >= 11 is 0. The van der Waals surface area contributed by atoms with Gasteiger partial charge in [-0.25, -0.2) is 9.82 Å². The molecule has 1 amide bonds. The molecule has 0 atom stereocenters. The smallest absolute Gasteiger partial charge is 0.273 e. The van der Waals surface area contributed by atoms with E-state index in [4.69, 9.17) is 9.47 Å². The molecule has 0 saturated heterocycles. The van der Waals surface area contributed by atoms with Crippen LogP contribution in [-0.2, 0) is 13.2 Å². The van der Waals surface area contributed by atoms with Gasteiger partial charge in [-0.1, -0.05) is 60.7 Å². The highest BCUT2D eigenvalue weighted by Gasteiger charge is 2.16. The van der Waals surface area contributed by atoms with Crippen LogP contribution in [0.4, 0.5) is 4.39 Å². The van der Waals surface area contributed by atoms with Crippen molar-refractivity contribution in [2.24, 2.45) is 5.10 Å². The molecule has 1 N–H and O–H groups in total. The molecule has 0 spiro atoms. The number of hydrogen-bond acceptors (Lipinski definition) is 4. The summed E-state index contributed by atoms with van der Waals surface area (Å²) in [5.74, 6) is 0.529. The lowest BCUT2D eigenvalue weighted by Gasteiger charge is -2.14. The van der Waals surface area contributed by atoms with Crippen LogP contribution in [0, 0.1) is 19.7 Å². The Morgan fingerprint density at radius 2 is 1.41 bits per heavy atom. The third-order valence-electron chi connectivity index (χ3n) is 6.58. The number of hydrazone groups is 1. The molecule has 41 heavy (non-hydrogen) atoms. The lowest BCUT2D eigenvalue weighted by Crippen LogP contribution is -2.18. The first-order valence-corrected chi connectivity index (χ1v) is 13.2. The number of aryl methyl sites for hydroxylation is 1. The Balaban J connectivity index is 1.30. The number of ether oxygens (including phenoxy) is 2. The van der Waals surface area contributed by atoms with Gasteiger partial charge in [0.05, 0.1) is 11.8 Å². The summed E-state index contributed by atoms with van der Waals surface area (Å²) in [5.41, 5.74) is 8.29. The summed E-state index contributed by atoms with van der Waals surface area (Å²) < 4.78 is 27.5. The molecule has 0 aliphatic rings. The van der Waals surface area contributed by atoms with Crippen molar-refractivity contribution in [2.75, 3.05) is 0 Å². The zero-order valence-corrected chi connectivity index (χ0v) is 22.9. The van der Waals surface area contributed by atoms with Crippen LogP contribution in [0.5, 0.6) is 11.5 Å². The predicted octanol–water partition coefficient (Wildman–Crippen LogP) is 7.16. The lowest BCUT2D eigenvalue weighted by molar-refractivity contribution is 0.0954. The molecule has 0 bridgehead atoms. The molecule has 1 aromatic heterocycles. The summed E-state index contributed by atoms with van der Waals surface area (Å²) in [4.78, 5) is 13.0. The summed E-state index contributed by atoms with van der Waals surface area (Å²) in [6.07, 6.45) is 1.56. The lowest BCUT2D eigenvalue weighted by atomic mass is 10.2. The average molecular weight is 548 g/mol. The topological polar surface area (TPSA) is 64.8 Å². The molecule has 1 heterocycles. The first kappa shape index (κ1) is 27.4. The van der Waals surface area contributed by atoms with Gasteiger partial charge >= 0.3 is 0 Å². The standard InChI is InChI=1S/C34H30FN3O3/c1-24-19-31(25(2)38(24)30-16-14-29(35)15-17-30)34(39)37-36-21-28-13-18-32(40-22-26-9-5-3-6-10-26)33(20-28)41-23-27-11-7-4-8-12-27/h3-21H,22-23H2,1-2H3,(H,37,39)/b36-21+. The minimum Gasteiger partial charge on any atom is -0.485 e. The van der Waals surface area contributed by atoms with E-state index in [2.05, 4.69) is 10.5 Å². The monoisotopic (exact) mass is 547 g/mol. The molecule has 5 aromatic rings. The first-order valence-electron chi connectivity index (χ1n) is 13.2. The number of nitrogens with zero attached hydrogens (tertiary/aromatic N) is 2. The van der Waals surface area contributed by atoms with Crippen LogP contribution < -0.4 is 14.9 Å². The van der Waals surface area contributed by atoms with Gasteiger partial charge in [0.25, 0.3) is 5.91 Å². The fraction of sp³-hybridized carbons (Fsp3) is 0.118. The highest BCUT2D eigenvalue weighted by molar-refractivity contribution is 5.96. The van der Waals surface area contributed by atoms with E-state index in [1.165, 1.54) is 12.1 Å². The molecular formula is C34H30FN3O3. The van der Waals surface area contributed by atoms with Gasteiger partial charge < -0.3 is 14.0 Å². The Hall–Kier alpha value is -5.17. The van der Waals surface area contributed by atoms with Gasteiger partial charge in [0, 0.05) is 17.1 Å². The number of rotatable bonds is 10. The van der Waals surface area contributed by atoms with Crippen molar-refractivity contribution in [2.45, 2.75) is 27.1 Å². The van der Waals surface area contributed by atoms with Crippen LogP contribution >= 0.6 is 0 Å². The number of carbonyl (C=O) groups is 1. The van der Waals surface area contributed by atoms with Crippen molar-refractivity contribution >= 4 is 12.1 Å². The molecule has 4 aromatic carbocycles. The fourth-order valence-corrected chi connectivity index (χ4v) is 4.51. The van der Waals surface area contributed by atoms with Crippen molar-refractivity contribution in [1.82, 2.24) is 9.99 Å². The molecule has 0 fully saturated rings. The Morgan fingerprint density at radius 1 is 0.805 bits per heavy atom. The number of hydrogen-bond donors (Lipinski definition) is 1. The minimum absolute atomic E-state index is 0.312. The molecule has 0 unspecified atom stereocenters. The molecule has 0 aliphatic carbocycles. The van der Waals surface area contributed by atoms with E-state index in [1.807, 2.05) is 97.3 Å². The second kappa shape index (κ2) is 12.8. The zero-order chi connectivity index (χ0) is 28.6. The Bertz CT molecular complexity index is 1650. The number of carbonyl (C=O) groups excluding carboxylic acids is 1. The maximum Gasteiger partial charge on any atom is 0.273 e. The highest BCUT2D eigenvalue weighted by atomic mass is 19.1. The Morgan fingerprint density at radius 3 is 2.05 bits per heavy atom. The van der Waals surface area contributed by atoms with Crippen molar-refractivity contribution in [3.8, 4) is 17.2 Å². The van der Waals surface area contributed by atoms with Gasteiger partial charge in [-0.05, 0) is 79.1 Å². The van der Waals surface area contributed by atoms with Gasteiger partial charge in [0.2, 0.25) is 0 Å². The number of nitrogens with one attached hydrogen (secondary N) is 1. The second-order valence-corrected chi connectivity index (χ2v) is 9.55. The fourth-order valence-electron chi connectivity index (χ4n) is 4.51. The van der Waals surface area contributed by atoms with Crippen molar-refractivity contribution in [3.05, 3.63) is 149 Å². The Labute approximate surface area is 238 Å². The first-order chi connectivity index (χ1) is 20.0. The van der Waals surface area contributed by atoms with Gasteiger partial charge in [-0.15, -0.1) is 0 Å². The average Bonchev–Trinajstić information content (AvgIpc) is 3.30. The van der Waals surface area contributed by atoms with Crippen LogP contribution in [0.1, 0.15) is 38.4 Å². The maximum absolute atomic E-state index is 13.4. The van der Waals surface area contributed by atoms with Crippen LogP contribution in [0.25, 0.3) is 5.69 Å². The van der Waals surface area contributed by atoms with Crippen molar-refractivity contribution < 1.29 is 18.7 Å². The quantitative estimate of drug-likeness (QED) is 0.149. The summed E-state index contributed by atoms with van der Waals surface area (Å²) in [5, 5.41) is 4.19. The molecule has 206 valence electrons. The zero-order valence-electron chi connectivity index (χ0n) is 22.9. The third-order valence-corrected chi connectivity index (χ3v) is 6.58. The molecule has 0 aliphatic heterocycles. The summed E-state index contributed by atoms with van der Waals surface area (Å²) in [6.45, 7) is 4.53. The normalized spacial score (nSPS) is 11.0. The van der Waals surface area contributed by atoms with Gasteiger partial charge in [-0.3, -0.25) is 4.79 Å².